The summed E-state index contributed by atoms with van der Waals surface area (Å²) in [4.78, 5) is 24.0. The van der Waals surface area contributed by atoms with Crippen LogP contribution in [0, 0.1) is 5.92 Å². The Balaban J connectivity index is 3.71. The van der Waals surface area contributed by atoms with Gasteiger partial charge in [-0.2, -0.15) is 0 Å². The van der Waals surface area contributed by atoms with Gasteiger partial charge >= 0.3 is 5.97 Å². The Morgan fingerprint density at radius 3 is 1.66 bits per heavy atom. The van der Waals surface area contributed by atoms with Crippen LogP contribution in [0.4, 0.5) is 0 Å². The first-order valence-corrected chi connectivity index (χ1v) is 14.8. The number of hydrogen-bond donors (Lipinski definition) is 1. The Kier molecular flexibility index (Phi) is 25.7. The predicted octanol–water partition coefficient (Wildman–Crippen LogP) is 10.2. The lowest BCUT2D eigenvalue weighted by Gasteiger charge is -2.11. The molecule has 0 aliphatic carbocycles. The Bertz CT molecular complexity index is 573. The van der Waals surface area contributed by atoms with Crippen LogP contribution in [0.3, 0.4) is 0 Å². The molecule has 35 heavy (non-hydrogen) atoms. The maximum atomic E-state index is 12.4. The summed E-state index contributed by atoms with van der Waals surface area (Å²) in [6, 6.07) is 0. The van der Waals surface area contributed by atoms with E-state index in [1.54, 1.807) is 0 Å². The second kappa shape index (κ2) is 27.0. The van der Waals surface area contributed by atoms with E-state index in [9.17, 15) is 14.7 Å². The van der Waals surface area contributed by atoms with E-state index in [2.05, 4.69) is 50.3 Å². The second-order valence-corrected chi connectivity index (χ2v) is 9.93. The highest BCUT2D eigenvalue weighted by molar-refractivity contribution is 5.98. The van der Waals surface area contributed by atoms with Crippen LogP contribution in [0.1, 0.15) is 149 Å². The third-order valence-electron chi connectivity index (χ3n) is 6.61. The van der Waals surface area contributed by atoms with E-state index in [-0.39, 0.29) is 5.78 Å². The topological polar surface area (TPSA) is 54.4 Å². The number of carboxylic acid groups (broad SMARTS) is 1. The van der Waals surface area contributed by atoms with Crippen LogP contribution in [0.5, 0.6) is 0 Å². The van der Waals surface area contributed by atoms with Crippen molar-refractivity contribution in [3.05, 3.63) is 36.5 Å². The zero-order valence-electron chi connectivity index (χ0n) is 23.2. The van der Waals surface area contributed by atoms with E-state index in [1.807, 2.05) is 0 Å². The summed E-state index contributed by atoms with van der Waals surface area (Å²) in [7, 11) is 0. The molecule has 0 saturated heterocycles. The highest BCUT2D eigenvalue weighted by Crippen LogP contribution is 2.17. The maximum Gasteiger partial charge on any atom is 0.314 e. The third-order valence-corrected chi connectivity index (χ3v) is 6.61. The average molecular weight is 489 g/mol. The Morgan fingerprint density at radius 1 is 0.600 bits per heavy atom. The van der Waals surface area contributed by atoms with Crippen molar-refractivity contribution in [2.24, 2.45) is 5.92 Å². The molecule has 0 fully saturated rings. The molecular weight excluding hydrogens is 432 g/mol. The number of rotatable bonds is 26. The van der Waals surface area contributed by atoms with Gasteiger partial charge in [-0.15, -0.1) is 0 Å². The van der Waals surface area contributed by atoms with Crippen LogP contribution in [0.15, 0.2) is 36.5 Å². The Labute approximate surface area is 217 Å². The Hall–Kier alpha value is -1.64. The smallest absolute Gasteiger partial charge is 0.314 e. The first-order valence-electron chi connectivity index (χ1n) is 14.8. The van der Waals surface area contributed by atoms with E-state index < -0.39 is 11.9 Å². The molecule has 1 atom stereocenters. The number of hydrogen-bond acceptors (Lipinski definition) is 2. The number of carbonyl (C=O) groups excluding carboxylic acids is 1. The van der Waals surface area contributed by atoms with Crippen molar-refractivity contribution in [3.8, 4) is 0 Å². The lowest BCUT2D eigenvalue weighted by Crippen LogP contribution is -2.23. The van der Waals surface area contributed by atoms with Crippen molar-refractivity contribution in [2.45, 2.75) is 149 Å². The number of carbonyl (C=O) groups is 2. The summed E-state index contributed by atoms with van der Waals surface area (Å²) in [5, 5.41) is 9.49. The van der Waals surface area contributed by atoms with Crippen LogP contribution in [0.25, 0.3) is 0 Å². The van der Waals surface area contributed by atoms with Gasteiger partial charge in [-0.1, -0.05) is 134 Å². The van der Waals surface area contributed by atoms with Crippen molar-refractivity contribution in [2.75, 3.05) is 0 Å². The highest BCUT2D eigenvalue weighted by Gasteiger charge is 2.24. The van der Waals surface area contributed by atoms with E-state index in [0.29, 0.717) is 12.8 Å². The first kappa shape index (κ1) is 33.4. The number of Topliss-reactive ketones (excluding diaryl/α,β-unsaturated/α-hetero) is 1. The van der Waals surface area contributed by atoms with Crippen LogP contribution in [-0.2, 0) is 9.59 Å². The zero-order chi connectivity index (χ0) is 25.8. The van der Waals surface area contributed by atoms with Gasteiger partial charge < -0.3 is 5.11 Å². The van der Waals surface area contributed by atoms with Crippen LogP contribution < -0.4 is 0 Å². The van der Waals surface area contributed by atoms with E-state index in [4.69, 9.17) is 0 Å². The molecule has 3 heteroatoms. The normalized spacial score (nSPS) is 12.9. The molecule has 0 rings (SSSR count). The molecule has 0 amide bonds. The fraction of sp³-hybridized carbons (Fsp3) is 0.750. The van der Waals surface area contributed by atoms with Gasteiger partial charge in [0, 0.05) is 6.42 Å². The summed E-state index contributed by atoms with van der Waals surface area (Å²) >= 11 is 0. The van der Waals surface area contributed by atoms with Gasteiger partial charge in [0.05, 0.1) is 0 Å². The summed E-state index contributed by atoms with van der Waals surface area (Å²) < 4.78 is 0. The molecule has 0 spiro atoms. The lowest BCUT2D eigenvalue weighted by atomic mass is 9.93. The van der Waals surface area contributed by atoms with Gasteiger partial charge in [0.25, 0.3) is 0 Å². The van der Waals surface area contributed by atoms with Crippen LogP contribution >= 0.6 is 0 Å². The molecule has 3 nitrogen and oxygen atoms in total. The van der Waals surface area contributed by atoms with Gasteiger partial charge in [-0.05, 0) is 44.9 Å². The maximum absolute atomic E-state index is 12.4. The van der Waals surface area contributed by atoms with E-state index in [1.165, 1.54) is 57.8 Å². The predicted molar refractivity (Wildman–Crippen MR) is 152 cm³/mol. The quantitative estimate of drug-likeness (QED) is 0.0748. The number of aliphatic carboxylic acids is 1. The largest absolute Gasteiger partial charge is 0.481 e. The van der Waals surface area contributed by atoms with Gasteiger partial charge in [0.15, 0.2) is 0 Å². The number of ketones is 1. The Morgan fingerprint density at radius 2 is 1.09 bits per heavy atom. The summed E-state index contributed by atoms with van der Waals surface area (Å²) in [5.41, 5.74) is 0. The van der Waals surface area contributed by atoms with Crippen molar-refractivity contribution in [3.63, 3.8) is 0 Å². The number of allylic oxidation sites excluding steroid dienone is 6. The first-order chi connectivity index (χ1) is 17.1. The van der Waals surface area contributed by atoms with Gasteiger partial charge in [-0.3, -0.25) is 9.59 Å². The van der Waals surface area contributed by atoms with Gasteiger partial charge in [0.2, 0.25) is 0 Å². The number of unbranched alkanes of at least 4 members (excludes halogenated alkanes) is 14. The van der Waals surface area contributed by atoms with Gasteiger partial charge in [-0.25, -0.2) is 0 Å². The molecule has 0 radical (unpaired) electrons. The molecule has 202 valence electrons. The molecule has 1 N–H and O–H groups in total. The van der Waals surface area contributed by atoms with Gasteiger partial charge in [0.1, 0.15) is 11.7 Å². The summed E-state index contributed by atoms with van der Waals surface area (Å²) in [6.45, 7) is 4.40. The monoisotopic (exact) mass is 488 g/mol. The molecule has 0 aliphatic rings. The minimum atomic E-state index is -0.931. The zero-order valence-corrected chi connectivity index (χ0v) is 23.2. The standard InChI is InChI=1S/C32H56O3/c1-3-5-7-9-11-13-15-16-17-19-20-22-24-26-28-30(32(34)35)31(33)29-27-25-23-21-18-14-12-10-8-6-4-2/h5,7,11,13,16-17,30H,3-4,6,8-10,12,14-15,18-29H2,1-2H3,(H,34,35)/b7-5-,13-11-,17-16-. The van der Waals surface area contributed by atoms with Crippen LogP contribution in [-0.4, -0.2) is 16.9 Å². The second-order valence-electron chi connectivity index (χ2n) is 9.93. The van der Waals surface area contributed by atoms with Crippen molar-refractivity contribution in [1.29, 1.82) is 0 Å². The lowest BCUT2D eigenvalue weighted by molar-refractivity contribution is -0.146. The molecule has 0 saturated carbocycles. The highest BCUT2D eigenvalue weighted by atomic mass is 16.4. The molecule has 0 aromatic heterocycles. The fourth-order valence-corrected chi connectivity index (χ4v) is 4.35. The molecule has 0 aromatic carbocycles. The summed E-state index contributed by atoms with van der Waals surface area (Å²) in [6.07, 6.45) is 36.1. The minimum Gasteiger partial charge on any atom is -0.481 e. The molecular formula is C32H56O3. The molecule has 0 aromatic rings. The third kappa shape index (κ3) is 23.9. The van der Waals surface area contributed by atoms with Crippen molar-refractivity contribution >= 4 is 11.8 Å². The molecule has 0 aliphatic heterocycles. The SMILES string of the molecule is CC/C=C\C/C=C\C/C=C\CCCCCCC(C(=O)O)C(=O)CCCCCCCCCCCCC. The van der Waals surface area contributed by atoms with E-state index >= 15 is 0 Å². The fourth-order valence-electron chi connectivity index (χ4n) is 4.35. The van der Waals surface area contributed by atoms with Crippen molar-refractivity contribution in [1.82, 2.24) is 0 Å². The average Bonchev–Trinajstić information content (AvgIpc) is 2.84. The van der Waals surface area contributed by atoms with Crippen molar-refractivity contribution < 1.29 is 14.7 Å². The summed E-state index contributed by atoms with van der Waals surface area (Å²) in [5.74, 6) is -1.79. The van der Waals surface area contributed by atoms with Crippen LogP contribution in [0.2, 0.25) is 0 Å². The van der Waals surface area contributed by atoms with E-state index in [0.717, 1.165) is 64.2 Å². The number of carboxylic acids is 1. The molecule has 0 bridgehead atoms. The minimum absolute atomic E-state index is 0.0606. The molecule has 0 heterocycles. The molecule has 1 unspecified atom stereocenters.